The zero-order valence-electron chi connectivity index (χ0n) is 18.9. The van der Waals surface area contributed by atoms with Crippen molar-refractivity contribution in [2.24, 2.45) is 0 Å². The van der Waals surface area contributed by atoms with Gasteiger partial charge in [0.2, 0.25) is 5.43 Å². The first-order chi connectivity index (χ1) is 14.9. The number of pyridine rings is 1. The summed E-state index contributed by atoms with van der Waals surface area (Å²) in [7, 11) is 0. The van der Waals surface area contributed by atoms with E-state index in [1.165, 1.54) is 12.8 Å². The molecule has 1 saturated carbocycles. The summed E-state index contributed by atoms with van der Waals surface area (Å²) in [6.07, 6.45) is 12.8. The fourth-order valence-corrected chi connectivity index (χ4v) is 4.77. The van der Waals surface area contributed by atoms with Crippen LogP contribution < -0.4 is 10.7 Å². The van der Waals surface area contributed by atoms with Crippen LogP contribution in [0.4, 0.5) is 0 Å². The number of likely N-dealkylation sites (tertiary alicyclic amines) is 1. The first-order valence-corrected chi connectivity index (χ1v) is 11.9. The van der Waals surface area contributed by atoms with Crippen molar-refractivity contribution in [2.45, 2.75) is 96.2 Å². The van der Waals surface area contributed by atoms with Gasteiger partial charge >= 0.3 is 0 Å². The van der Waals surface area contributed by atoms with E-state index in [4.69, 9.17) is 0 Å². The fraction of sp³-hybridized carbons (Fsp3) is 0.708. The molecular formula is C24H37N3O4. The number of aliphatic hydroxyl groups is 1. The van der Waals surface area contributed by atoms with Gasteiger partial charge in [0.1, 0.15) is 11.1 Å². The quantitative estimate of drug-likeness (QED) is 0.677. The normalized spacial score (nSPS) is 20.5. The summed E-state index contributed by atoms with van der Waals surface area (Å²) in [5.41, 5.74) is -0.409. The smallest absolute Gasteiger partial charge is 0.259 e. The van der Waals surface area contributed by atoms with Gasteiger partial charge in [0, 0.05) is 43.7 Å². The van der Waals surface area contributed by atoms with Crippen molar-refractivity contribution in [1.29, 1.82) is 0 Å². The van der Waals surface area contributed by atoms with Gasteiger partial charge in [0.05, 0.1) is 0 Å². The lowest BCUT2D eigenvalue weighted by Crippen LogP contribution is -2.46. The first-order valence-electron chi connectivity index (χ1n) is 11.9. The van der Waals surface area contributed by atoms with Crippen LogP contribution in [0.2, 0.25) is 0 Å². The van der Waals surface area contributed by atoms with Crippen LogP contribution >= 0.6 is 0 Å². The molecule has 2 N–H and O–H groups in total. The van der Waals surface area contributed by atoms with Gasteiger partial charge in [-0.3, -0.25) is 14.4 Å². The van der Waals surface area contributed by atoms with Crippen molar-refractivity contribution in [3.05, 3.63) is 33.7 Å². The lowest BCUT2D eigenvalue weighted by Gasteiger charge is -2.35. The van der Waals surface area contributed by atoms with Gasteiger partial charge in [-0.2, -0.15) is 0 Å². The molecule has 1 aromatic rings. The summed E-state index contributed by atoms with van der Waals surface area (Å²) in [5, 5.41) is 12.4. The van der Waals surface area contributed by atoms with E-state index in [2.05, 4.69) is 5.32 Å². The molecule has 0 spiro atoms. The predicted octanol–water partition coefficient (Wildman–Crippen LogP) is 3.26. The number of aromatic nitrogens is 1. The molecule has 1 atom stereocenters. The second-order valence-electron chi connectivity index (χ2n) is 9.28. The highest BCUT2D eigenvalue weighted by Gasteiger charge is 2.30. The number of amides is 2. The minimum Gasteiger partial charge on any atom is -0.396 e. The molecule has 31 heavy (non-hydrogen) atoms. The minimum absolute atomic E-state index is 0.00572. The molecule has 1 aromatic heterocycles. The molecule has 7 heteroatoms. The van der Waals surface area contributed by atoms with Crippen LogP contribution in [0.5, 0.6) is 0 Å². The molecule has 1 saturated heterocycles. The van der Waals surface area contributed by atoms with E-state index < -0.39 is 5.43 Å². The maximum atomic E-state index is 13.4. The summed E-state index contributed by atoms with van der Waals surface area (Å²) < 4.78 is 1.78. The Morgan fingerprint density at radius 3 is 2.32 bits per heavy atom. The molecule has 2 amide bonds. The molecular weight excluding hydrogens is 394 g/mol. The maximum Gasteiger partial charge on any atom is 0.259 e. The van der Waals surface area contributed by atoms with Crippen LogP contribution in [0, 0.1) is 0 Å². The van der Waals surface area contributed by atoms with Crippen molar-refractivity contribution < 1.29 is 14.7 Å². The molecule has 172 valence electrons. The standard InChI is InChI=1S/C24H37N3O4/c1-17(2)26-15-20(23(30)25-18-9-5-3-4-6-10-18)22(29)21(16-26)24(31)27-13-8-7-11-19(27)12-14-28/h15-19,28H,3-14H2,1-2H3,(H,25,30)/t19-/m1/s1. The average Bonchev–Trinajstić information content (AvgIpc) is 3.02. The SMILES string of the molecule is CC(C)n1cc(C(=O)NC2CCCCCC2)c(=O)c(C(=O)N2CCCC[C@@H]2CCO)c1. The zero-order valence-corrected chi connectivity index (χ0v) is 18.9. The Morgan fingerprint density at radius 2 is 1.68 bits per heavy atom. The van der Waals surface area contributed by atoms with Gasteiger partial charge in [-0.1, -0.05) is 25.7 Å². The third-order valence-corrected chi connectivity index (χ3v) is 6.66. The number of nitrogens with one attached hydrogen (secondary N) is 1. The van der Waals surface area contributed by atoms with E-state index in [1.807, 2.05) is 13.8 Å². The fourth-order valence-electron chi connectivity index (χ4n) is 4.77. The molecule has 2 aliphatic rings. The van der Waals surface area contributed by atoms with Crippen LogP contribution in [0.25, 0.3) is 0 Å². The number of hydrogen-bond acceptors (Lipinski definition) is 4. The van der Waals surface area contributed by atoms with Gasteiger partial charge in [-0.05, 0) is 52.4 Å². The maximum absolute atomic E-state index is 13.4. The zero-order chi connectivity index (χ0) is 22.4. The number of rotatable bonds is 6. The van der Waals surface area contributed by atoms with Gasteiger partial charge in [0.15, 0.2) is 0 Å². The van der Waals surface area contributed by atoms with Crippen LogP contribution in [-0.2, 0) is 0 Å². The third kappa shape index (κ3) is 5.76. The Morgan fingerprint density at radius 1 is 1.03 bits per heavy atom. The molecule has 1 aliphatic heterocycles. The van der Waals surface area contributed by atoms with Gasteiger partial charge in [-0.25, -0.2) is 0 Å². The highest BCUT2D eigenvalue weighted by atomic mass is 16.3. The number of hydrogen-bond donors (Lipinski definition) is 2. The number of carbonyl (C=O) groups excluding carboxylic acids is 2. The van der Waals surface area contributed by atoms with Crippen molar-refractivity contribution in [3.63, 3.8) is 0 Å². The Balaban J connectivity index is 1.91. The van der Waals surface area contributed by atoms with E-state index in [0.29, 0.717) is 13.0 Å². The van der Waals surface area contributed by atoms with Crippen LogP contribution in [0.1, 0.15) is 105 Å². The molecule has 0 unspecified atom stereocenters. The lowest BCUT2D eigenvalue weighted by atomic mass is 9.98. The number of piperidine rings is 1. The third-order valence-electron chi connectivity index (χ3n) is 6.66. The van der Waals surface area contributed by atoms with E-state index >= 15 is 0 Å². The van der Waals surface area contributed by atoms with Gasteiger partial charge < -0.3 is 19.9 Å². The summed E-state index contributed by atoms with van der Waals surface area (Å²) in [5.74, 6) is -0.715. The number of carbonyl (C=O) groups is 2. The predicted molar refractivity (Wildman–Crippen MR) is 120 cm³/mol. The van der Waals surface area contributed by atoms with Crippen molar-refractivity contribution in [2.75, 3.05) is 13.2 Å². The molecule has 3 rings (SSSR count). The molecule has 0 bridgehead atoms. The summed E-state index contributed by atoms with van der Waals surface area (Å²) in [6.45, 7) is 4.50. The van der Waals surface area contributed by atoms with E-state index in [1.54, 1.807) is 21.9 Å². The molecule has 0 aromatic carbocycles. The summed E-state index contributed by atoms with van der Waals surface area (Å²) in [6, 6.07) is 0.0186. The molecule has 0 radical (unpaired) electrons. The number of nitrogens with zero attached hydrogens (tertiary/aromatic N) is 2. The minimum atomic E-state index is -0.499. The molecule has 2 fully saturated rings. The second kappa shape index (κ2) is 10.9. The molecule has 1 aliphatic carbocycles. The van der Waals surface area contributed by atoms with Crippen LogP contribution in [0.3, 0.4) is 0 Å². The van der Waals surface area contributed by atoms with Crippen molar-refractivity contribution in [3.8, 4) is 0 Å². The van der Waals surface area contributed by atoms with Gasteiger partial charge in [-0.15, -0.1) is 0 Å². The first kappa shape index (κ1) is 23.5. The van der Waals surface area contributed by atoms with Gasteiger partial charge in [0.25, 0.3) is 11.8 Å². The topological polar surface area (TPSA) is 91.6 Å². The van der Waals surface area contributed by atoms with E-state index in [-0.39, 0.29) is 47.7 Å². The van der Waals surface area contributed by atoms with Crippen LogP contribution in [-0.4, -0.2) is 51.6 Å². The second-order valence-corrected chi connectivity index (χ2v) is 9.28. The average molecular weight is 432 g/mol. The van der Waals surface area contributed by atoms with E-state index in [9.17, 15) is 19.5 Å². The van der Waals surface area contributed by atoms with E-state index in [0.717, 1.165) is 44.9 Å². The largest absolute Gasteiger partial charge is 0.396 e. The molecule has 7 nitrogen and oxygen atoms in total. The lowest BCUT2D eigenvalue weighted by molar-refractivity contribution is 0.0572. The summed E-state index contributed by atoms with van der Waals surface area (Å²) in [4.78, 5) is 41.4. The number of aliphatic hydroxyl groups excluding tert-OH is 1. The van der Waals surface area contributed by atoms with Crippen molar-refractivity contribution in [1.82, 2.24) is 14.8 Å². The molecule has 2 heterocycles. The monoisotopic (exact) mass is 431 g/mol. The summed E-state index contributed by atoms with van der Waals surface area (Å²) >= 11 is 0. The Kier molecular flexibility index (Phi) is 8.29. The highest BCUT2D eigenvalue weighted by Crippen LogP contribution is 2.22. The Bertz CT molecular complexity index is 823. The van der Waals surface area contributed by atoms with Crippen LogP contribution in [0.15, 0.2) is 17.2 Å². The van der Waals surface area contributed by atoms with Crippen molar-refractivity contribution >= 4 is 11.8 Å². The Hall–Kier alpha value is -2.15. The Labute approximate surface area is 184 Å². The highest BCUT2D eigenvalue weighted by molar-refractivity contribution is 5.99.